The van der Waals surface area contributed by atoms with Crippen molar-refractivity contribution >= 4 is 33.5 Å². The number of sulfonamides is 1. The van der Waals surface area contributed by atoms with Gasteiger partial charge in [-0.05, 0) is 31.2 Å². The molecule has 0 bridgehead atoms. The standard InChI is InChI=1S/C15H17ClN4O4S/c1-11-10-14(18-24-11)17-15(21)19-6-8-20(9-7-19)25(22,23)13-4-2-12(16)3-5-13/h2-5,10H,6-9H2,1H3,(H,17,18,21). The molecular formula is C15H17ClN4O4S. The van der Waals surface area contributed by atoms with E-state index in [0.717, 1.165) is 0 Å². The van der Waals surface area contributed by atoms with Crippen molar-refractivity contribution in [2.75, 3.05) is 31.5 Å². The van der Waals surface area contributed by atoms with E-state index in [2.05, 4.69) is 10.5 Å². The number of piperazine rings is 1. The van der Waals surface area contributed by atoms with Crippen molar-refractivity contribution in [3.63, 3.8) is 0 Å². The fourth-order valence-electron chi connectivity index (χ4n) is 2.50. The Hall–Kier alpha value is -2.10. The first-order valence-electron chi connectivity index (χ1n) is 7.61. The molecule has 0 saturated carbocycles. The van der Waals surface area contributed by atoms with Gasteiger partial charge in [-0.15, -0.1) is 0 Å². The number of carbonyl (C=O) groups is 1. The van der Waals surface area contributed by atoms with Crippen molar-refractivity contribution in [1.29, 1.82) is 0 Å². The van der Waals surface area contributed by atoms with Gasteiger partial charge in [-0.3, -0.25) is 5.32 Å². The second-order valence-electron chi connectivity index (χ2n) is 5.60. The summed E-state index contributed by atoms with van der Waals surface area (Å²) >= 11 is 5.80. The van der Waals surface area contributed by atoms with Gasteiger partial charge < -0.3 is 9.42 Å². The molecule has 25 heavy (non-hydrogen) atoms. The minimum absolute atomic E-state index is 0.188. The highest BCUT2D eigenvalue weighted by Gasteiger charge is 2.30. The molecule has 2 heterocycles. The van der Waals surface area contributed by atoms with Gasteiger partial charge in [-0.1, -0.05) is 16.8 Å². The molecule has 10 heteroatoms. The molecule has 1 saturated heterocycles. The number of anilines is 1. The summed E-state index contributed by atoms with van der Waals surface area (Å²) in [5.41, 5.74) is 0. The number of amides is 2. The van der Waals surface area contributed by atoms with Crippen LogP contribution in [-0.4, -0.2) is 55.0 Å². The van der Waals surface area contributed by atoms with Gasteiger partial charge in [0, 0.05) is 37.3 Å². The molecular weight excluding hydrogens is 368 g/mol. The quantitative estimate of drug-likeness (QED) is 0.874. The van der Waals surface area contributed by atoms with Gasteiger partial charge in [0.05, 0.1) is 4.90 Å². The van der Waals surface area contributed by atoms with Crippen LogP contribution in [0.2, 0.25) is 5.02 Å². The Kier molecular flexibility index (Phi) is 4.98. The van der Waals surface area contributed by atoms with Crippen molar-refractivity contribution in [1.82, 2.24) is 14.4 Å². The number of hydrogen-bond acceptors (Lipinski definition) is 5. The first kappa shape index (κ1) is 17.7. The summed E-state index contributed by atoms with van der Waals surface area (Å²) in [7, 11) is -3.59. The van der Waals surface area contributed by atoms with E-state index in [4.69, 9.17) is 16.1 Å². The van der Waals surface area contributed by atoms with Crippen LogP contribution in [0.4, 0.5) is 10.6 Å². The van der Waals surface area contributed by atoms with Gasteiger partial charge in [0.2, 0.25) is 10.0 Å². The van der Waals surface area contributed by atoms with Crippen molar-refractivity contribution in [2.24, 2.45) is 0 Å². The molecule has 134 valence electrons. The zero-order valence-corrected chi connectivity index (χ0v) is 15.0. The third-order valence-electron chi connectivity index (χ3n) is 3.84. The molecule has 0 radical (unpaired) electrons. The van der Waals surface area contributed by atoms with Crippen LogP contribution in [-0.2, 0) is 10.0 Å². The fraction of sp³-hybridized carbons (Fsp3) is 0.333. The first-order chi connectivity index (χ1) is 11.9. The number of halogens is 1. The number of urea groups is 1. The number of nitrogens with zero attached hydrogens (tertiary/aromatic N) is 3. The Balaban J connectivity index is 1.61. The summed E-state index contributed by atoms with van der Waals surface area (Å²) in [6, 6.07) is 7.31. The normalized spacial score (nSPS) is 16.0. The van der Waals surface area contributed by atoms with E-state index in [1.54, 1.807) is 13.0 Å². The van der Waals surface area contributed by atoms with Crippen molar-refractivity contribution in [3.05, 3.63) is 41.1 Å². The van der Waals surface area contributed by atoms with Gasteiger partial charge in [0.15, 0.2) is 5.82 Å². The minimum Gasteiger partial charge on any atom is -0.360 e. The van der Waals surface area contributed by atoms with E-state index in [-0.39, 0.29) is 37.1 Å². The van der Waals surface area contributed by atoms with Crippen LogP contribution in [0.3, 0.4) is 0 Å². The van der Waals surface area contributed by atoms with E-state index in [9.17, 15) is 13.2 Å². The number of benzene rings is 1. The molecule has 1 aliphatic heterocycles. The third kappa shape index (κ3) is 3.94. The van der Waals surface area contributed by atoms with E-state index in [0.29, 0.717) is 16.6 Å². The molecule has 0 aliphatic carbocycles. The Morgan fingerprint density at radius 3 is 2.40 bits per heavy atom. The molecule has 3 rings (SSSR count). The van der Waals surface area contributed by atoms with Gasteiger partial charge in [-0.25, -0.2) is 13.2 Å². The lowest BCUT2D eigenvalue weighted by atomic mass is 10.4. The maximum Gasteiger partial charge on any atom is 0.323 e. The molecule has 1 aromatic carbocycles. The second-order valence-corrected chi connectivity index (χ2v) is 7.97. The molecule has 1 N–H and O–H groups in total. The summed E-state index contributed by atoms with van der Waals surface area (Å²) in [6.07, 6.45) is 0. The number of aryl methyl sites for hydroxylation is 1. The molecule has 8 nitrogen and oxygen atoms in total. The topological polar surface area (TPSA) is 95.8 Å². The van der Waals surface area contributed by atoms with Crippen LogP contribution < -0.4 is 5.32 Å². The van der Waals surface area contributed by atoms with Crippen molar-refractivity contribution in [3.8, 4) is 0 Å². The monoisotopic (exact) mass is 384 g/mol. The lowest BCUT2D eigenvalue weighted by Crippen LogP contribution is -2.51. The third-order valence-corrected chi connectivity index (χ3v) is 6.01. The molecule has 0 spiro atoms. The minimum atomic E-state index is -3.59. The lowest BCUT2D eigenvalue weighted by Gasteiger charge is -2.33. The summed E-state index contributed by atoms with van der Waals surface area (Å²) in [5, 5.41) is 6.80. The molecule has 2 aromatic rings. The van der Waals surface area contributed by atoms with Crippen LogP contribution in [0.1, 0.15) is 5.76 Å². The van der Waals surface area contributed by atoms with E-state index in [1.807, 2.05) is 0 Å². The lowest BCUT2D eigenvalue weighted by molar-refractivity contribution is 0.184. The van der Waals surface area contributed by atoms with E-state index in [1.165, 1.54) is 33.5 Å². The number of nitrogens with one attached hydrogen (secondary N) is 1. The summed E-state index contributed by atoms with van der Waals surface area (Å²) in [4.78, 5) is 13.9. The Morgan fingerprint density at radius 1 is 1.20 bits per heavy atom. The van der Waals surface area contributed by atoms with Gasteiger partial charge in [0.25, 0.3) is 0 Å². The SMILES string of the molecule is Cc1cc(NC(=O)N2CCN(S(=O)(=O)c3ccc(Cl)cc3)CC2)no1. The fourth-order valence-corrected chi connectivity index (χ4v) is 4.05. The van der Waals surface area contributed by atoms with Gasteiger partial charge in [-0.2, -0.15) is 4.31 Å². The zero-order chi connectivity index (χ0) is 18.0. The van der Waals surface area contributed by atoms with Crippen LogP contribution in [0.25, 0.3) is 0 Å². The largest absolute Gasteiger partial charge is 0.360 e. The smallest absolute Gasteiger partial charge is 0.323 e. The van der Waals surface area contributed by atoms with Crippen molar-refractivity contribution < 1.29 is 17.7 Å². The predicted molar refractivity (Wildman–Crippen MR) is 92.0 cm³/mol. The summed E-state index contributed by atoms with van der Waals surface area (Å²) in [6.45, 7) is 2.74. The Bertz CT molecular complexity index is 858. The number of rotatable bonds is 3. The predicted octanol–water partition coefficient (Wildman–Crippen LogP) is 2.17. The highest BCUT2D eigenvalue weighted by molar-refractivity contribution is 7.89. The van der Waals surface area contributed by atoms with Crippen LogP contribution in [0.15, 0.2) is 39.8 Å². The molecule has 2 amide bonds. The molecule has 0 atom stereocenters. The average Bonchev–Trinajstić information content (AvgIpc) is 3.00. The molecule has 1 aromatic heterocycles. The number of hydrogen-bond donors (Lipinski definition) is 1. The van der Waals surface area contributed by atoms with Crippen molar-refractivity contribution in [2.45, 2.75) is 11.8 Å². The Morgan fingerprint density at radius 2 is 1.84 bits per heavy atom. The second kappa shape index (κ2) is 7.03. The van der Waals surface area contributed by atoms with Gasteiger partial charge >= 0.3 is 6.03 Å². The molecule has 0 unspecified atom stereocenters. The highest BCUT2D eigenvalue weighted by Crippen LogP contribution is 2.20. The molecule has 1 fully saturated rings. The summed E-state index contributed by atoms with van der Waals surface area (Å²) < 4.78 is 31.5. The van der Waals surface area contributed by atoms with E-state index < -0.39 is 10.0 Å². The number of aromatic nitrogens is 1. The van der Waals surface area contributed by atoms with E-state index >= 15 is 0 Å². The van der Waals surface area contributed by atoms with Crippen LogP contribution in [0.5, 0.6) is 0 Å². The molecule has 1 aliphatic rings. The van der Waals surface area contributed by atoms with Gasteiger partial charge in [0.1, 0.15) is 5.76 Å². The zero-order valence-electron chi connectivity index (χ0n) is 13.5. The maximum atomic E-state index is 12.6. The van der Waals surface area contributed by atoms with Crippen LogP contribution >= 0.6 is 11.6 Å². The highest BCUT2D eigenvalue weighted by atomic mass is 35.5. The number of carbonyl (C=O) groups excluding carboxylic acids is 1. The average molecular weight is 385 g/mol. The summed E-state index contributed by atoms with van der Waals surface area (Å²) in [5.74, 6) is 0.924. The first-order valence-corrected chi connectivity index (χ1v) is 9.43. The maximum absolute atomic E-state index is 12.6. The van der Waals surface area contributed by atoms with Crippen LogP contribution in [0, 0.1) is 6.92 Å². The Labute approximate surface area is 150 Å².